The predicted octanol–water partition coefficient (Wildman–Crippen LogP) is 6.69. The minimum atomic E-state index is -0.233. The van der Waals surface area contributed by atoms with Crippen molar-refractivity contribution in [2.45, 2.75) is 116 Å². The van der Waals surface area contributed by atoms with E-state index >= 15 is 0 Å². The lowest BCUT2D eigenvalue weighted by atomic mass is 10.0. The molecular weight excluding hydrogens is 400 g/mol. The summed E-state index contributed by atoms with van der Waals surface area (Å²) in [5, 5.41) is 10.6. The summed E-state index contributed by atoms with van der Waals surface area (Å²) in [6.45, 7) is 2.27. The van der Waals surface area contributed by atoms with Crippen LogP contribution in [-0.2, 0) is 16.0 Å². The first kappa shape index (κ1) is 28.0. The second-order valence-corrected chi connectivity index (χ2v) is 9.03. The number of benzene rings is 1. The molecule has 0 aliphatic heterocycles. The molecule has 5 heteroatoms. The Bertz CT molecular complexity index is 616. The third-order valence-corrected chi connectivity index (χ3v) is 5.96. The van der Waals surface area contributed by atoms with Crippen LogP contribution in [0, 0.1) is 0 Å². The van der Waals surface area contributed by atoms with E-state index in [2.05, 4.69) is 12.3 Å². The van der Waals surface area contributed by atoms with Crippen LogP contribution in [-0.4, -0.2) is 29.0 Å². The molecule has 0 saturated heterocycles. The molecule has 182 valence electrons. The van der Waals surface area contributed by atoms with Gasteiger partial charge in [0.15, 0.2) is 0 Å². The van der Waals surface area contributed by atoms with E-state index < -0.39 is 0 Å². The molecule has 0 spiro atoms. The van der Waals surface area contributed by atoms with Crippen LogP contribution in [0.3, 0.4) is 0 Å². The van der Waals surface area contributed by atoms with Gasteiger partial charge in [0.05, 0.1) is 6.42 Å². The number of hydrogen-bond acceptors (Lipinski definition) is 3. The van der Waals surface area contributed by atoms with Crippen LogP contribution in [0.2, 0.25) is 0 Å². The number of phenols is 1. The number of unbranched alkanes of at least 4 members (excludes halogenated alkanes) is 14. The lowest BCUT2D eigenvalue weighted by Gasteiger charge is -2.18. The van der Waals surface area contributed by atoms with Crippen LogP contribution in [0.5, 0.6) is 5.75 Å². The van der Waals surface area contributed by atoms with Gasteiger partial charge in [0, 0.05) is 13.5 Å². The molecule has 0 fully saturated rings. The average molecular weight is 447 g/mol. The molecule has 1 rings (SSSR count). The molecule has 1 aromatic rings. The summed E-state index contributed by atoms with van der Waals surface area (Å²) >= 11 is 0. The molecule has 2 N–H and O–H groups in total. The van der Waals surface area contributed by atoms with E-state index in [1.54, 1.807) is 31.3 Å². The number of nitrogens with zero attached hydrogens (tertiary/aromatic N) is 1. The van der Waals surface area contributed by atoms with Crippen LogP contribution < -0.4 is 5.43 Å². The van der Waals surface area contributed by atoms with E-state index in [0.29, 0.717) is 6.42 Å². The molecule has 1 aromatic carbocycles. The Morgan fingerprint density at radius 1 is 0.750 bits per heavy atom. The van der Waals surface area contributed by atoms with E-state index in [1.165, 1.54) is 88.5 Å². The monoisotopic (exact) mass is 446 g/mol. The summed E-state index contributed by atoms with van der Waals surface area (Å²) in [5.41, 5.74) is 3.42. The van der Waals surface area contributed by atoms with Crippen LogP contribution in [0.15, 0.2) is 24.3 Å². The third-order valence-electron chi connectivity index (χ3n) is 5.96. The van der Waals surface area contributed by atoms with E-state index in [9.17, 15) is 14.7 Å². The fourth-order valence-electron chi connectivity index (χ4n) is 3.90. The number of hydrogen-bond donors (Lipinski definition) is 2. The minimum Gasteiger partial charge on any atom is -0.508 e. The summed E-state index contributed by atoms with van der Waals surface area (Å²) in [6, 6.07) is 6.50. The highest BCUT2D eigenvalue weighted by Gasteiger charge is 2.12. The van der Waals surface area contributed by atoms with Crippen molar-refractivity contribution in [2.75, 3.05) is 7.05 Å². The standard InChI is InChI=1S/C27H46N2O3/c1-3-4-5-6-7-8-9-10-11-12-13-14-15-16-17-18-27(32)29(2)28-26(31)23-24-19-21-25(30)22-20-24/h19-22,30H,3-18,23H2,1-2H3,(H,28,31). The Morgan fingerprint density at radius 3 is 1.66 bits per heavy atom. The van der Waals surface area contributed by atoms with Crippen molar-refractivity contribution in [1.29, 1.82) is 0 Å². The van der Waals surface area contributed by atoms with Gasteiger partial charge in [0.1, 0.15) is 5.75 Å². The van der Waals surface area contributed by atoms with Crippen LogP contribution in [0.25, 0.3) is 0 Å². The first-order valence-corrected chi connectivity index (χ1v) is 12.9. The van der Waals surface area contributed by atoms with E-state index in [1.807, 2.05) is 0 Å². The number of amides is 2. The summed E-state index contributed by atoms with van der Waals surface area (Å²) in [6.07, 6.45) is 20.2. The number of rotatable bonds is 18. The Hall–Kier alpha value is -2.04. The van der Waals surface area contributed by atoms with Gasteiger partial charge in [-0.25, -0.2) is 0 Å². The zero-order valence-corrected chi connectivity index (χ0v) is 20.5. The zero-order valence-electron chi connectivity index (χ0n) is 20.5. The van der Waals surface area contributed by atoms with Crippen LogP contribution in [0.1, 0.15) is 115 Å². The summed E-state index contributed by atoms with van der Waals surface area (Å²) in [7, 11) is 1.60. The predicted molar refractivity (Wildman–Crippen MR) is 132 cm³/mol. The van der Waals surface area contributed by atoms with Crippen molar-refractivity contribution in [1.82, 2.24) is 10.4 Å². The van der Waals surface area contributed by atoms with Gasteiger partial charge >= 0.3 is 0 Å². The van der Waals surface area contributed by atoms with Crippen LogP contribution >= 0.6 is 0 Å². The molecule has 32 heavy (non-hydrogen) atoms. The molecule has 0 saturated carbocycles. The summed E-state index contributed by atoms with van der Waals surface area (Å²) < 4.78 is 0. The molecule has 0 aromatic heterocycles. The van der Waals surface area contributed by atoms with Gasteiger partial charge in [-0.1, -0.05) is 109 Å². The van der Waals surface area contributed by atoms with Gasteiger partial charge in [-0.15, -0.1) is 0 Å². The van der Waals surface area contributed by atoms with Crippen molar-refractivity contribution in [2.24, 2.45) is 0 Å². The maximum absolute atomic E-state index is 12.2. The van der Waals surface area contributed by atoms with Crippen molar-refractivity contribution in [3.05, 3.63) is 29.8 Å². The minimum absolute atomic E-state index is 0.0567. The Kier molecular flexibility index (Phi) is 16.2. The first-order chi connectivity index (χ1) is 15.5. The van der Waals surface area contributed by atoms with Crippen molar-refractivity contribution in [3.8, 4) is 5.75 Å². The second kappa shape index (κ2) is 18.5. The van der Waals surface area contributed by atoms with Gasteiger partial charge in [-0.3, -0.25) is 20.0 Å². The number of hydrazine groups is 1. The van der Waals surface area contributed by atoms with Crippen molar-refractivity contribution in [3.63, 3.8) is 0 Å². The Labute approximate surface area is 195 Å². The summed E-state index contributed by atoms with van der Waals surface area (Å²) in [4.78, 5) is 24.2. The topological polar surface area (TPSA) is 69.6 Å². The molecule has 0 radical (unpaired) electrons. The fraction of sp³-hybridized carbons (Fsp3) is 0.704. The highest BCUT2D eigenvalue weighted by molar-refractivity contribution is 5.83. The Morgan fingerprint density at radius 2 is 1.19 bits per heavy atom. The first-order valence-electron chi connectivity index (χ1n) is 12.9. The maximum Gasteiger partial charge on any atom is 0.242 e. The Balaban J connectivity index is 1.93. The number of phenolic OH excluding ortho intramolecular Hbond substituents is 1. The lowest BCUT2D eigenvalue weighted by Crippen LogP contribution is -2.43. The lowest BCUT2D eigenvalue weighted by molar-refractivity contribution is -0.139. The average Bonchev–Trinajstić information content (AvgIpc) is 2.77. The van der Waals surface area contributed by atoms with Crippen LogP contribution in [0.4, 0.5) is 0 Å². The number of carbonyl (C=O) groups is 2. The fourth-order valence-corrected chi connectivity index (χ4v) is 3.90. The molecular formula is C27H46N2O3. The number of nitrogens with one attached hydrogen (secondary N) is 1. The van der Waals surface area contributed by atoms with Crippen molar-refractivity contribution < 1.29 is 14.7 Å². The van der Waals surface area contributed by atoms with Gasteiger partial charge < -0.3 is 5.11 Å². The van der Waals surface area contributed by atoms with Gasteiger partial charge in [-0.2, -0.15) is 0 Å². The van der Waals surface area contributed by atoms with E-state index in [-0.39, 0.29) is 24.0 Å². The largest absolute Gasteiger partial charge is 0.508 e. The highest BCUT2D eigenvalue weighted by Crippen LogP contribution is 2.14. The van der Waals surface area contributed by atoms with Crippen molar-refractivity contribution >= 4 is 11.8 Å². The molecule has 0 aliphatic carbocycles. The molecule has 0 bridgehead atoms. The third kappa shape index (κ3) is 14.9. The molecule has 0 heterocycles. The normalized spacial score (nSPS) is 10.8. The molecule has 0 atom stereocenters. The molecule has 2 amide bonds. The van der Waals surface area contributed by atoms with Gasteiger partial charge in [-0.05, 0) is 24.1 Å². The number of carbonyl (C=O) groups excluding carboxylic acids is 2. The van der Waals surface area contributed by atoms with Gasteiger partial charge in [0.25, 0.3) is 0 Å². The molecule has 5 nitrogen and oxygen atoms in total. The van der Waals surface area contributed by atoms with E-state index in [0.717, 1.165) is 18.4 Å². The zero-order chi connectivity index (χ0) is 23.4. The SMILES string of the molecule is CCCCCCCCCCCCCCCCCC(=O)N(C)NC(=O)Cc1ccc(O)cc1. The number of aromatic hydroxyl groups is 1. The smallest absolute Gasteiger partial charge is 0.242 e. The van der Waals surface area contributed by atoms with Gasteiger partial charge in [0.2, 0.25) is 11.8 Å². The quantitative estimate of drug-likeness (QED) is 0.195. The summed E-state index contributed by atoms with van der Waals surface area (Å²) in [5.74, 6) is -0.119. The van der Waals surface area contributed by atoms with E-state index in [4.69, 9.17) is 0 Å². The maximum atomic E-state index is 12.2. The highest BCUT2D eigenvalue weighted by atomic mass is 16.3. The second-order valence-electron chi connectivity index (χ2n) is 9.03. The molecule has 0 aliphatic rings. The molecule has 0 unspecified atom stereocenters.